The van der Waals surface area contributed by atoms with Crippen LogP contribution in [0.4, 0.5) is 5.82 Å². The fourth-order valence-corrected chi connectivity index (χ4v) is 2.81. The number of nitrogens with two attached hydrogens (primary N) is 1. The molecule has 0 spiro atoms. The summed E-state index contributed by atoms with van der Waals surface area (Å²) < 4.78 is 1.26. The van der Waals surface area contributed by atoms with Crippen LogP contribution in [0.3, 0.4) is 0 Å². The monoisotopic (exact) mass is 308 g/mol. The molecule has 1 aliphatic rings. The third-order valence-electron chi connectivity index (χ3n) is 4.21. The van der Waals surface area contributed by atoms with Crippen LogP contribution < -0.4 is 17.0 Å². The molecule has 0 unspecified atom stereocenters. The number of carbonyl (C=O) groups excluding carboxylic acids is 1. The number of rotatable bonds is 5. The maximum absolute atomic E-state index is 12.4. The van der Waals surface area contributed by atoms with E-state index in [1.165, 1.54) is 4.57 Å². The molecule has 122 valence electrons. The summed E-state index contributed by atoms with van der Waals surface area (Å²) in [5, 5.41) is 0. The van der Waals surface area contributed by atoms with Crippen molar-refractivity contribution in [2.45, 2.75) is 39.7 Å². The van der Waals surface area contributed by atoms with E-state index < -0.39 is 11.2 Å². The Morgan fingerprint density at radius 1 is 1.32 bits per heavy atom. The molecule has 1 saturated heterocycles. The molecule has 0 radical (unpaired) electrons. The van der Waals surface area contributed by atoms with Crippen molar-refractivity contribution >= 4 is 11.6 Å². The van der Waals surface area contributed by atoms with Crippen molar-refractivity contribution in [2.75, 3.05) is 25.4 Å². The molecule has 7 nitrogen and oxygen atoms in total. The van der Waals surface area contributed by atoms with Crippen LogP contribution in [-0.2, 0) is 6.54 Å². The Morgan fingerprint density at radius 3 is 2.55 bits per heavy atom. The van der Waals surface area contributed by atoms with Gasteiger partial charge in [0.15, 0.2) is 5.78 Å². The van der Waals surface area contributed by atoms with Crippen LogP contribution in [-0.4, -0.2) is 39.9 Å². The number of anilines is 1. The van der Waals surface area contributed by atoms with Gasteiger partial charge >= 0.3 is 5.69 Å². The van der Waals surface area contributed by atoms with E-state index in [9.17, 15) is 14.4 Å². The Bertz CT molecular complexity index is 654. The average Bonchev–Trinajstić information content (AvgIpc) is 2.45. The Hall–Kier alpha value is -1.89. The molecule has 0 aliphatic carbocycles. The second-order valence-corrected chi connectivity index (χ2v) is 6.05. The van der Waals surface area contributed by atoms with Gasteiger partial charge in [-0.15, -0.1) is 0 Å². The molecule has 0 saturated carbocycles. The van der Waals surface area contributed by atoms with Gasteiger partial charge in [0.05, 0.1) is 6.54 Å². The lowest BCUT2D eigenvalue weighted by molar-refractivity contribution is 0.0898. The van der Waals surface area contributed by atoms with Crippen molar-refractivity contribution in [3.8, 4) is 0 Å². The van der Waals surface area contributed by atoms with Crippen LogP contribution in [0.15, 0.2) is 9.59 Å². The van der Waals surface area contributed by atoms with Crippen LogP contribution in [0, 0.1) is 5.92 Å². The maximum atomic E-state index is 12.4. The van der Waals surface area contributed by atoms with Crippen molar-refractivity contribution in [1.82, 2.24) is 14.5 Å². The van der Waals surface area contributed by atoms with E-state index in [0.717, 1.165) is 25.9 Å². The number of aromatic nitrogens is 2. The van der Waals surface area contributed by atoms with E-state index in [4.69, 9.17) is 5.73 Å². The number of nitrogens with one attached hydrogen (secondary N) is 1. The summed E-state index contributed by atoms with van der Waals surface area (Å²) in [6, 6.07) is 0. The van der Waals surface area contributed by atoms with E-state index in [0.29, 0.717) is 18.9 Å². The van der Waals surface area contributed by atoms with E-state index in [-0.39, 0.29) is 23.7 Å². The average molecular weight is 308 g/mol. The number of H-pyrrole nitrogens is 1. The minimum atomic E-state index is -0.690. The highest BCUT2D eigenvalue weighted by atomic mass is 16.2. The smallest absolute Gasteiger partial charge is 0.329 e. The Labute approximate surface area is 129 Å². The number of ketones is 1. The summed E-state index contributed by atoms with van der Waals surface area (Å²) >= 11 is 0. The third-order valence-corrected chi connectivity index (χ3v) is 4.21. The van der Waals surface area contributed by atoms with Crippen LogP contribution in [0.2, 0.25) is 0 Å². The van der Waals surface area contributed by atoms with Gasteiger partial charge in [-0.05, 0) is 38.3 Å². The van der Waals surface area contributed by atoms with Gasteiger partial charge in [0.1, 0.15) is 11.4 Å². The molecular formula is C15H24N4O3. The van der Waals surface area contributed by atoms with Gasteiger partial charge in [0.2, 0.25) is 0 Å². The van der Waals surface area contributed by atoms with E-state index >= 15 is 0 Å². The predicted octanol–water partition coefficient (Wildman–Crippen LogP) is 0.443. The predicted molar refractivity (Wildman–Crippen MR) is 85.2 cm³/mol. The number of Topliss-reactive ketones (excluding diaryl/α,β-unsaturated/α-hetero) is 1. The molecule has 1 fully saturated rings. The van der Waals surface area contributed by atoms with Gasteiger partial charge in [-0.3, -0.25) is 24.0 Å². The standard InChI is InChI=1S/C15H24N4O3/c1-3-6-19-13(16)12(14(21)17-15(19)22)11(20)9-18-7-4-10(2)5-8-18/h10H,3-9,16H2,1-2H3,(H,17,21,22). The van der Waals surface area contributed by atoms with E-state index in [1.54, 1.807) is 0 Å². The van der Waals surface area contributed by atoms with Gasteiger partial charge in [0, 0.05) is 6.54 Å². The number of hydrogen-bond donors (Lipinski definition) is 2. The zero-order valence-corrected chi connectivity index (χ0v) is 13.2. The maximum Gasteiger partial charge on any atom is 0.329 e. The first-order valence-corrected chi connectivity index (χ1v) is 7.82. The van der Waals surface area contributed by atoms with Crippen molar-refractivity contribution < 1.29 is 4.79 Å². The van der Waals surface area contributed by atoms with Crippen LogP contribution in [0.1, 0.15) is 43.5 Å². The molecular weight excluding hydrogens is 284 g/mol. The second-order valence-electron chi connectivity index (χ2n) is 6.05. The number of likely N-dealkylation sites (tertiary alicyclic amines) is 1. The molecule has 1 aliphatic heterocycles. The molecule has 2 rings (SSSR count). The Morgan fingerprint density at radius 2 is 1.95 bits per heavy atom. The molecule has 1 aromatic heterocycles. The summed E-state index contributed by atoms with van der Waals surface area (Å²) in [7, 11) is 0. The first-order valence-electron chi connectivity index (χ1n) is 7.82. The van der Waals surface area contributed by atoms with Crippen LogP contribution in [0.25, 0.3) is 0 Å². The number of nitrogen functional groups attached to an aromatic ring is 1. The third kappa shape index (κ3) is 3.47. The lowest BCUT2D eigenvalue weighted by Gasteiger charge is -2.29. The van der Waals surface area contributed by atoms with Crippen LogP contribution in [0.5, 0.6) is 0 Å². The second kappa shape index (κ2) is 6.91. The highest BCUT2D eigenvalue weighted by Gasteiger charge is 2.23. The van der Waals surface area contributed by atoms with Crippen molar-refractivity contribution in [1.29, 1.82) is 0 Å². The van der Waals surface area contributed by atoms with Gasteiger partial charge in [-0.1, -0.05) is 13.8 Å². The first kappa shape index (κ1) is 16.5. The first-order chi connectivity index (χ1) is 10.4. The van der Waals surface area contributed by atoms with Gasteiger partial charge in [-0.25, -0.2) is 4.79 Å². The van der Waals surface area contributed by atoms with Crippen molar-refractivity contribution in [3.05, 3.63) is 26.4 Å². The van der Waals surface area contributed by atoms with Gasteiger partial charge < -0.3 is 5.73 Å². The normalized spacial score (nSPS) is 16.8. The molecule has 2 heterocycles. The minimum Gasteiger partial charge on any atom is -0.384 e. The summed E-state index contributed by atoms with van der Waals surface area (Å²) in [6.07, 6.45) is 2.79. The lowest BCUT2D eigenvalue weighted by atomic mass is 9.99. The lowest BCUT2D eigenvalue weighted by Crippen LogP contribution is -2.41. The molecule has 0 aromatic carbocycles. The molecule has 7 heteroatoms. The SMILES string of the molecule is CCCn1c(N)c(C(=O)CN2CCC(C)CC2)c(=O)[nH]c1=O. The fraction of sp³-hybridized carbons (Fsp3) is 0.667. The highest BCUT2D eigenvalue weighted by molar-refractivity contribution is 6.01. The molecule has 3 N–H and O–H groups in total. The minimum absolute atomic E-state index is 0.0222. The number of aromatic amines is 1. The number of hydrogen-bond acceptors (Lipinski definition) is 5. The molecule has 0 bridgehead atoms. The van der Waals surface area contributed by atoms with Gasteiger partial charge in [-0.2, -0.15) is 0 Å². The highest BCUT2D eigenvalue weighted by Crippen LogP contribution is 2.16. The molecule has 1 aromatic rings. The fourth-order valence-electron chi connectivity index (χ4n) is 2.81. The Kier molecular flexibility index (Phi) is 5.18. The summed E-state index contributed by atoms with van der Waals surface area (Å²) in [4.78, 5) is 40.4. The van der Waals surface area contributed by atoms with Crippen molar-refractivity contribution in [2.24, 2.45) is 5.92 Å². The van der Waals surface area contributed by atoms with Crippen LogP contribution >= 0.6 is 0 Å². The summed E-state index contributed by atoms with van der Waals surface area (Å²) in [5.41, 5.74) is 4.56. The quantitative estimate of drug-likeness (QED) is 0.769. The largest absolute Gasteiger partial charge is 0.384 e. The van der Waals surface area contributed by atoms with E-state index in [2.05, 4.69) is 11.9 Å². The zero-order valence-electron chi connectivity index (χ0n) is 13.2. The summed E-state index contributed by atoms with van der Waals surface area (Å²) in [6.45, 7) is 6.34. The number of nitrogens with zero attached hydrogens (tertiary/aromatic N) is 2. The molecule has 0 atom stereocenters. The van der Waals surface area contributed by atoms with Gasteiger partial charge in [0.25, 0.3) is 5.56 Å². The zero-order chi connectivity index (χ0) is 16.3. The van der Waals surface area contributed by atoms with Crippen molar-refractivity contribution in [3.63, 3.8) is 0 Å². The number of piperidine rings is 1. The topological polar surface area (TPSA) is 101 Å². The summed E-state index contributed by atoms with van der Waals surface area (Å²) in [5.74, 6) is 0.329. The Balaban J connectivity index is 2.24. The van der Waals surface area contributed by atoms with E-state index in [1.807, 2.05) is 11.8 Å². The molecule has 22 heavy (non-hydrogen) atoms. The number of carbonyl (C=O) groups is 1. The molecule has 0 amide bonds.